The molecule has 13 heteroatoms. The number of nitrogens with one attached hydrogen (secondary N) is 2. The van der Waals surface area contributed by atoms with Crippen molar-refractivity contribution in [2.24, 2.45) is 5.92 Å². The molecule has 0 fully saturated rings. The molecule has 3 rings (SSSR count). The summed E-state index contributed by atoms with van der Waals surface area (Å²) in [6, 6.07) is 9.11. The van der Waals surface area contributed by atoms with Gasteiger partial charge in [-0.2, -0.15) is 18.2 Å². The highest BCUT2D eigenvalue weighted by molar-refractivity contribution is 6.31. The van der Waals surface area contributed by atoms with E-state index in [2.05, 4.69) is 25.3 Å². The molecule has 0 saturated heterocycles. The molecule has 0 radical (unpaired) electrons. The molecule has 36 heavy (non-hydrogen) atoms. The summed E-state index contributed by atoms with van der Waals surface area (Å²) in [5.41, 5.74) is -0.673. The van der Waals surface area contributed by atoms with Gasteiger partial charge in [0, 0.05) is 17.3 Å². The number of aliphatic hydroxyl groups excluding tert-OH is 1. The van der Waals surface area contributed by atoms with Crippen molar-refractivity contribution < 1.29 is 36.2 Å². The molecule has 0 spiro atoms. The van der Waals surface area contributed by atoms with E-state index in [1.165, 1.54) is 24.3 Å². The highest BCUT2D eigenvalue weighted by Crippen LogP contribution is 2.37. The summed E-state index contributed by atoms with van der Waals surface area (Å²) < 4.78 is 81.8. The maximum atomic E-state index is 13.3. The lowest BCUT2D eigenvalue weighted by atomic mass is 10.1. The smallest absolute Gasteiger partial charge is 0.406 e. The Morgan fingerprint density at radius 3 is 2.33 bits per heavy atom. The van der Waals surface area contributed by atoms with Crippen LogP contribution in [0.1, 0.15) is 19.4 Å². The second kappa shape index (κ2) is 10.8. The number of halogens is 7. The number of anilines is 3. The van der Waals surface area contributed by atoms with Gasteiger partial charge < -0.3 is 20.5 Å². The maximum absolute atomic E-state index is 13.3. The van der Waals surface area contributed by atoms with Crippen molar-refractivity contribution in [2.45, 2.75) is 32.4 Å². The SMILES string of the molecule is CC(C)[C@H](CO)Nc1nc(Nc2ccc(Cl)c(C(F)(F)F)c2)cc(-c2cccc(OC(F)(F)F)c2)n1. The van der Waals surface area contributed by atoms with Crippen molar-refractivity contribution in [2.75, 3.05) is 17.2 Å². The Kier molecular flexibility index (Phi) is 8.19. The zero-order valence-electron chi connectivity index (χ0n) is 18.9. The van der Waals surface area contributed by atoms with Gasteiger partial charge in [0.05, 0.1) is 28.9 Å². The zero-order valence-corrected chi connectivity index (χ0v) is 19.6. The molecule has 3 aromatic rings. The molecule has 0 aliphatic rings. The zero-order chi connectivity index (χ0) is 26.7. The van der Waals surface area contributed by atoms with Gasteiger partial charge in [0.25, 0.3) is 0 Å². The Morgan fingerprint density at radius 1 is 1.00 bits per heavy atom. The molecule has 2 aromatic carbocycles. The molecule has 0 saturated carbocycles. The number of nitrogens with zero attached hydrogens (tertiary/aromatic N) is 2. The van der Waals surface area contributed by atoms with Crippen LogP contribution in [0, 0.1) is 5.92 Å². The summed E-state index contributed by atoms with van der Waals surface area (Å²) in [5.74, 6) is -0.492. The van der Waals surface area contributed by atoms with Crippen molar-refractivity contribution in [3.63, 3.8) is 0 Å². The normalized spacial score (nSPS) is 13.0. The van der Waals surface area contributed by atoms with Gasteiger partial charge in [0.2, 0.25) is 5.95 Å². The first-order valence-electron chi connectivity index (χ1n) is 10.5. The van der Waals surface area contributed by atoms with Crippen LogP contribution in [0.2, 0.25) is 5.02 Å². The predicted molar refractivity (Wildman–Crippen MR) is 123 cm³/mol. The quantitative estimate of drug-likeness (QED) is 0.273. The number of hydrogen-bond acceptors (Lipinski definition) is 6. The standard InChI is InChI=1S/C23H21ClF6N4O2/c1-12(2)19(11-35)33-21-32-18(13-4-3-5-15(8-13)36-23(28,29)30)10-20(34-21)31-14-6-7-17(24)16(9-14)22(25,26)27/h3-10,12,19,35H,11H2,1-2H3,(H2,31,32,33,34)/t19-/m0/s1. The van der Waals surface area contributed by atoms with Crippen molar-refractivity contribution in [3.05, 3.63) is 59.1 Å². The van der Waals surface area contributed by atoms with E-state index in [0.29, 0.717) is 0 Å². The Hall–Kier alpha value is -3.25. The molecule has 0 unspecified atom stereocenters. The van der Waals surface area contributed by atoms with Crippen LogP contribution in [-0.4, -0.2) is 34.1 Å². The van der Waals surface area contributed by atoms with Crippen LogP contribution in [0.15, 0.2) is 48.5 Å². The van der Waals surface area contributed by atoms with E-state index < -0.39 is 34.9 Å². The predicted octanol–water partition coefficient (Wildman–Crippen LogP) is 6.89. The van der Waals surface area contributed by atoms with E-state index in [1.807, 2.05) is 13.8 Å². The minimum Gasteiger partial charge on any atom is -0.406 e. The van der Waals surface area contributed by atoms with Crippen LogP contribution in [0.4, 0.5) is 43.8 Å². The molecule has 1 heterocycles. The van der Waals surface area contributed by atoms with Crippen molar-refractivity contribution in [1.29, 1.82) is 0 Å². The van der Waals surface area contributed by atoms with Crippen LogP contribution in [0.5, 0.6) is 5.75 Å². The topological polar surface area (TPSA) is 79.3 Å². The van der Waals surface area contributed by atoms with Gasteiger partial charge >= 0.3 is 12.5 Å². The average molecular weight is 535 g/mol. The molecular formula is C23H21ClF6N4O2. The molecule has 194 valence electrons. The number of aliphatic hydroxyl groups is 1. The summed E-state index contributed by atoms with van der Waals surface area (Å²) >= 11 is 5.68. The van der Waals surface area contributed by atoms with Crippen LogP contribution in [0.25, 0.3) is 11.3 Å². The van der Waals surface area contributed by atoms with E-state index in [4.69, 9.17) is 11.6 Å². The fraction of sp³-hybridized carbons (Fsp3) is 0.304. The molecule has 0 bridgehead atoms. The van der Waals surface area contributed by atoms with Gasteiger partial charge in [-0.1, -0.05) is 37.6 Å². The van der Waals surface area contributed by atoms with E-state index in [1.54, 1.807) is 0 Å². The number of ether oxygens (including phenoxy) is 1. The van der Waals surface area contributed by atoms with Crippen molar-refractivity contribution in [1.82, 2.24) is 9.97 Å². The first-order chi connectivity index (χ1) is 16.7. The average Bonchev–Trinajstić information content (AvgIpc) is 2.76. The second-order valence-corrected chi connectivity index (χ2v) is 8.44. The molecule has 1 atom stereocenters. The lowest BCUT2D eigenvalue weighted by Crippen LogP contribution is -2.30. The second-order valence-electron chi connectivity index (χ2n) is 8.03. The Bertz CT molecular complexity index is 1200. The summed E-state index contributed by atoms with van der Waals surface area (Å²) in [7, 11) is 0. The third kappa shape index (κ3) is 7.37. The lowest BCUT2D eigenvalue weighted by Gasteiger charge is -2.21. The summed E-state index contributed by atoms with van der Waals surface area (Å²) in [6.07, 6.45) is -9.59. The third-order valence-electron chi connectivity index (χ3n) is 4.95. The van der Waals surface area contributed by atoms with Gasteiger partial charge in [-0.25, -0.2) is 4.98 Å². The molecular weight excluding hydrogens is 514 g/mol. The van der Waals surface area contributed by atoms with Gasteiger partial charge in [0.1, 0.15) is 11.6 Å². The first kappa shape index (κ1) is 27.3. The van der Waals surface area contributed by atoms with E-state index >= 15 is 0 Å². The minimum atomic E-state index is -4.90. The minimum absolute atomic E-state index is 0.00472. The summed E-state index contributed by atoms with van der Waals surface area (Å²) in [6.45, 7) is 3.40. The Morgan fingerprint density at radius 2 is 1.72 bits per heavy atom. The Labute approximate surface area is 207 Å². The molecule has 1 aromatic heterocycles. The van der Waals surface area contributed by atoms with Gasteiger partial charge in [-0.05, 0) is 36.2 Å². The lowest BCUT2D eigenvalue weighted by molar-refractivity contribution is -0.274. The van der Waals surface area contributed by atoms with E-state index in [9.17, 15) is 31.4 Å². The highest BCUT2D eigenvalue weighted by atomic mass is 35.5. The molecule has 6 nitrogen and oxygen atoms in total. The molecule has 0 aliphatic carbocycles. The van der Waals surface area contributed by atoms with Crippen molar-refractivity contribution >= 4 is 29.1 Å². The van der Waals surface area contributed by atoms with Gasteiger partial charge in [0.15, 0.2) is 0 Å². The largest absolute Gasteiger partial charge is 0.573 e. The molecule has 3 N–H and O–H groups in total. The number of aromatic nitrogens is 2. The van der Waals surface area contributed by atoms with E-state index in [-0.39, 0.29) is 41.2 Å². The number of hydrogen-bond donors (Lipinski definition) is 3. The number of rotatable bonds is 8. The molecule has 0 amide bonds. The fourth-order valence-electron chi connectivity index (χ4n) is 3.13. The Balaban J connectivity index is 2.04. The van der Waals surface area contributed by atoms with Crippen LogP contribution in [0.3, 0.4) is 0 Å². The third-order valence-corrected chi connectivity index (χ3v) is 5.28. The van der Waals surface area contributed by atoms with Crippen LogP contribution >= 0.6 is 11.6 Å². The summed E-state index contributed by atoms with van der Waals surface area (Å²) in [4.78, 5) is 8.56. The monoisotopic (exact) mass is 534 g/mol. The van der Waals surface area contributed by atoms with Crippen molar-refractivity contribution in [3.8, 4) is 17.0 Å². The number of alkyl halides is 6. The number of benzene rings is 2. The fourth-order valence-corrected chi connectivity index (χ4v) is 3.36. The van der Waals surface area contributed by atoms with Crippen LogP contribution < -0.4 is 15.4 Å². The first-order valence-corrected chi connectivity index (χ1v) is 10.9. The van der Waals surface area contributed by atoms with Gasteiger partial charge in [-0.15, -0.1) is 13.2 Å². The maximum Gasteiger partial charge on any atom is 0.573 e. The van der Waals surface area contributed by atoms with Gasteiger partial charge in [-0.3, -0.25) is 0 Å². The highest BCUT2D eigenvalue weighted by Gasteiger charge is 2.33. The van der Waals surface area contributed by atoms with Crippen LogP contribution in [-0.2, 0) is 6.18 Å². The molecule has 0 aliphatic heterocycles. The van der Waals surface area contributed by atoms with E-state index in [0.717, 1.165) is 24.3 Å². The summed E-state index contributed by atoms with van der Waals surface area (Å²) in [5, 5.41) is 14.8.